The van der Waals surface area contributed by atoms with E-state index in [2.05, 4.69) is 60.5 Å². The largest absolute Gasteiger partial charge is 0.130 e. The van der Waals surface area contributed by atoms with Crippen LogP contribution < -0.4 is 0 Å². The van der Waals surface area contributed by atoms with Crippen molar-refractivity contribution in [2.24, 2.45) is 0 Å². The van der Waals surface area contributed by atoms with Gasteiger partial charge in [0.25, 0.3) is 0 Å². The first kappa shape index (κ1) is 11.1. The van der Waals surface area contributed by atoms with Gasteiger partial charge in [-0.2, -0.15) is 0 Å². The molecule has 69 valence electrons. The Labute approximate surface area is 98.0 Å². The maximum absolute atomic E-state index is 4.01. The van der Waals surface area contributed by atoms with Crippen molar-refractivity contribution in [3.05, 3.63) is 46.9 Å². The lowest BCUT2D eigenvalue weighted by molar-refractivity contribution is 1.07. The number of hydrogen-bond donors (Lipinski definition) is 0. The Bertz CT molecular complexity index is 307. The van der Waals surface area contributed by atoms with Crippen molar-refractivity contribution in [1.29, 1.82) is 0 Å². The minimum atomic E-state index is 0.195. The topological polar surface area (TPSA) is 0 Å². The fraction of sp³-hybridized carbons (Fsp3) is 0.182. The van der Waals surface area contributed by atoms with Crippen molar-refractivity contribution < 1.29 is 0 Å². The zero-order chi connectivity index (χ0) is 9.84. The van der Waals surface area contributed by atoms with Crippen LogP contribution in [0.25, 0.3) is 0 Å². The van der Waals surface area contributed by atoms with Gasteiger partial charge < -0.3 is 0 Å². The molecule has 0 aliphatic heterocycles. The number of benzene rings is 1. The van der Waals surface area contributed by atoms with Gasteiger partial charge in [0.15, 0.2) is 0 Å². The monoisotopic (exact) mass is 303 g/mol. The van der Waals surface area contributed by atoms with Crippen LogP contribution in [0, 0.1) is 10.5 Å². The quantitative estimate of drug-likeness (QED) is 0.460. The van der Waals surface area contributed by atoms with E-state index >= 15 is 0 Å². The predicted octanol–water partition coefficient (Wildman–Crippen LogP) is 4.12. The fourth-order valence-electron chi connectivity index (χ4n) is 1.05. The van der Waals surface area contributed by atoms with Crippen molar-refractivity contribution in [2.45, 2.75) is 10.8 Å². The third-order valence-corrected chi connectivity index (χ3v) is 3.17. The Hall–Kier alpha value is 0.0400. The molecule has 0 heterocycles. The van der Waals surface area contributed by atoms with Crippen LogP contribution in [0.5, 0.6) is 0 Å². The van der Waals surface area contributed by atoms with Crippen LogP contribution in [0.4, 0.5) is 0 Å². The molecule has 0 amide bonds. The highest BCUT2D eigenvalue weighted by atomic mass is 127. The first-order valence-corrected chi connectivity index (χ1v) is 6.28. The molecule has 1 aromatic rings. The Kier molecular flexibility index (Phi) is 4.32. The molecule has 0 nitrogen and oxygen atoms in total. The summed E-state index contributed by atoms with van der Waals surface area (Å²) in [5.74, 6) is 0.195. The van der Waals surface area contributed by atoms with Gasteiger partial charge in [0.1, 0.15) is 0 Å². The van der Waals surface area contributed by atoms with E-state index in [1.54, 1.807) is 11.8 Å². The molecule has 0 saturated heterocycles. The normalized spacial score (nSPS) is 12.5. The van der Waals surface area contributed by atoms with Crippen molar-refractivity contribution in [3.8, 4) is 0 Å². The lowest BCUT2D eigenvalue weighted by atomic mass is 10.0. The first-order valence-electron chi connectivity index (χ1n) is 3.97. The van der Waals surface area contributed by atoms with Gasteiger partial charge in [-0.1, -0.05) is 6.08 Å². The fourth-order valence-corrected chi connectivity index (χ4v) is 2.46. The summed E-state index contributed by atoms with van der Waals surface area (Å²) >= 11 is 4.09. The van der Waals surface area contributed by atoms with E-state index in [1.807, 2.05) is 6.08 Å². The van der Waals surface area contributed by atoms with Crippen molar-refractivity contribution in [2.75, 3.05) is 6.26 Å². The third kappa shape index (κ3) is 3.02. The second-order valence-corrected chi connectivity index (χ2v) is 4.89. The molecule has 0 aliphatic carbocycles. The van der Waals surface area contributed by atoms with Gasteiger partial charge in [-0.05, 0) is 59.5 Å². The van der Waals surface area contributed by atoms with Gasteiger partial charge in [-0.15, -0.1) is 18.3 Å². The van der Waals surface area contributed by atoms with Gasteiger partial charge in [0.2, 0.25) is 0 Å². The Morgan fingerprint density at radius 1 is 1.46 bits per heavy atom. The van der Waals surface area contributed by atoms with Crippen LogP contribution in [-0.4, -0.2) is 6.26 Å². The molecule has 13 heavy (non-hydrogen) atoms. The molecule has 1 unspecified atom stereocenters. The SMILES string of the molecule is [CH2]C(C=C)c1cc(I)cc(SC)c1. The van der Waals surface area contributed by atoms with E-state index in [4.69, 9.17) is 0 Å². The smallest absolute Gasteiger partial charge is 0.0144 e. The molecule has 0 aliphatic rings. The molecule has 2 heteroatoms. The van der Waals surface area contributed by atoms with Crippen LogP contribution in [0.3, 0.4) is 0 Å². The maximum atomic E-state index is 4.01. The van der Waals surface area contributed by atoms with Crippen LogP contribution in [0.15, 0.2) is 35.7 Å². The second-order valence-electron chi connectivity index (χ2n) is 2.77. The number of allylic oxidation sites excluding steroid dienone is 1. The molecular formula is C11H12IS. The molecule has 1 atom stereocenters. The molecule has 0 N–H and O–H groups in total. The Balaban J connectivity index is 3.07. The maximum Gasteiger partial charge on any atom is 0.0144 e. The predicted molar refractivity (Wildman–Crippen MR) is 69.2 cm³/mol. The van der Waals surface area contributed by atoms with Gasteiger partial charge in [-0.25, -0.2) is 0 Å². The zero-order valence-corrected chi connectivity index (χ0v) is 10.6. The van der Waals surface area contributed by atoms with Crippen molar-refractivity contribution in [3.63, 3.8) is 0 Å². The van der Waals surface area contributed by atoms with Gasteiger partial charge in [-0.3, -0.25) is 0 Å². The average Bonchev–Trinajstić information content (AvgIpc) is 2.15. The summed E-state index contributed by atoms with van der Waals surface area (Å²) < 4.78 is 1.26. The summed E-state index contributed by atoms with van der Waals surface area (Å²) in [6.07, 6.45) is 3.96. The molecule has 0 aromatic heterocycles. The summed E-state index contributed by atoms with van der Waals surface area (Å²) in [5, 5.41) is 0. The van der Waals surface area contributed by atoms with Crippen LogP contribution in [0.1, 0.15) is 11.5 Å². The highest BCUT2D eigenvalue weighted by Gasteiger charge is 2.03. The second kappa shape index (κ2) is 5.05. The molecule has 1 radical (unpaired) electrons. The van der Waals surface area contributed by atoms with Crippen molar-refractivity contribution in [1.82, 2.24) is 0 Å². The zero-order valence-electron chi connectivity index (χ0n) is 7.59. The molecule has 1 aromatic carbocycles. The van der Waals surface area contributed by atoms with E-state index in [0.29, 0.717) is 0 Å². The van der Waals surface area contributed by atoms with E-state index < -0.39 is 0 Å². The number of halogens is 1. The molecule has 0 saturated carbocycles. The Morgan fingerprint density at radius 3 is 2.69 bits per heavy atom. The summed E-state index contributed by atoms with van der Waals surface area (Å²) in [7, 11) is 0. The van der Waals surface area contributed by atoms with Gasteiger partial charge in [0, 0.05) is 14.4 Å². The van der Waals surface area contributed by atoms with Crippen LogP contribution in [-0.2, 0) is 0 Å². The van der Waals surface area contributed by atoms with Crippen LogP contribution >= 0.6 is 34.4 Å². The summed E-state index contributed by atoms with van der Waals surface area (Å²) in [6.45, 7) is 7.76. The lowest BCUT2D eigenvalue weighted by Gasteiger charge is -2.08. The minimum absolute atomic E-state index is 0.195. The first-order chi connectivity index (χ1) is 6.17. The Morgan fingerprint density at radius 2 is 2.15 bits per heavy atom. The summed E-state index contributed by atoms with van der Waals surface area (Å²) in [4.78, 5) is 1.29. The number of thioether (sulfide) groups is 1. The lowest BCUT2D eigenvalue weighted by Crippen LogP contribution is -1.90. The molecular weight excluding hydrogens is 291 g/mol. The van der Waals surface area contributed by atoms with E-state index in [9.17, 15) is 0 Å². The number of hydrogen-bond acceptors (Lipinski definition) is 1. The van der Waals surface area contributed by atoms with Gasteiger partial charge >= 0.3 is 0 Å². The summed E-state index contributed by atoms with van der Waals surface area (Å²) in [5.41, 5.74) is 1.24. The van der Waals surface area contributed by atoms with E-state index in [0.717, 1.165) is 0 Å². The summed E-state index contributed by atoms with van der Waals surface area (Å²) in [6, 6.07) is 6.50. The third-order valence-electron chi connectivity index (χ3n) is 1.84. The van der Waals surface area contributed by atoms with Crippen molar-refractivity contribution >= 4 is 34.4 Å². The van der Waals surface area contributed by atoms with E-state index in [1.165, 1.54) is 14.0 Å². The minimum Gasteiger partial charge on any atom is -0.130 e. The molecule has 0 bridgehead atoms. The number of rotatable bonds is 3. The van der Waals surface area contributed by atoms with Gasteiger partial charge in [0.05, 0.1) is 0 Å². The molecule has 1 rings (SSSR count). The van der Waals surface area contributed by atoms with E-state index in [-0.39, 0.29) is 5.92 Å². The highest BCUT2D eigenvalue weighted by molar-refractivity contribution is 14.1. The standard InChI is InChI=1S/C11H12IS/c1-4-8(2)9-5-10(12)7-11(6-9)13-3/h4-8H,1-2H2,3H3. The van der Waals surface area contributed by atoms with Crippen LogP contribution in [0.2, 0.25) is 0 Å². The molecule has 0 spiro atoms. The molecule has 0 fully saturated rings. The highest BCUT2D eigenvalue weighted by Crippen LogP contribution is 2.25. The average molecular weight is 303 g/mol.